The number of likely N-dealkylation sites (tertiary alicyclic amines) is 1. The molecule has 2 fully saturated rings. The highest BCUT2D eigenvalue weighted by atomic mass is 32.2. The van der Waals surface area contributed by atoms with Crippen molar-refractivity contribution >= 4 is 27.7 Å². The topological polar surface area (TPSA) is 66.9 Å². The highest BCUT2D eigenvalue weighted by Crippen LogP contribution is 2.33. The summed E-state index contributed by atoms with van der Waals surface area (Å²) in [5.41, 5.74) is 2.62. The van der Waals surface area contributed by atoms with Gasteiger partial charge in [0.15, 0.2) is 0 Å². The first kappa shape index (κ1) is 20.5. The van der Waals surface area contributed by atoms with Gasteiger partial charge in [-0.25, -0.2) is 8.42 Å². The predicted octanol–water partition coefficient (Wildman–Crippen LogP) is 3.61. The summed E-state index contributed by atoms with van der Waals surface area (Å²) in [6, 6.07) is 15.2. The molecule has 2 aliphatic rings. The maximum absolute atomic E-state index is 12.8. The van der Waals surface area contributed by atoms with E-state index in [-0.39, 0.29) is 17.7 Å². The summed E-state index contributed by atoms with van der Waals surface area (Å²) in [5.74, 6) is 0.974. The van der Waals surface area contributed by atoms with E-state index in [1.54, 1.807) is 31.4 Å². The molecular weight excluding hydrogens is 400 g/mol. The van der Waals surface area contributed by atoms with Crippen molar-refractivity contribution in [2.75, 3.05) is 30.3 Å². The molecule has 2 aromatic rings. The third kappa shape index (κ3) is 4.21. The van der Waals surface area contributed by atoms with Crippen LogP contribution in [-0.4, -0.2) is 45.2 Å². The third-order valence-corrected chi connectivity index (χ3v) is 7.58. The standard InChI is InChI=1S/C23H26N2O4S/c1-29-21-6-2-5-19(17-21)22-7-3-14-24(22)23(26)13-10-18-8-11-20(12-9-18)25-15-4-16-30(25,27)28/h2,5-6,8-13,17,22H,3-4,7,14-16H2,1H3/b13-10+. The Morgan fingerprint density at radius 1 is 1.10 bits per heavy atom. The van der Waals surface area contributed by atoms with Crippen molar-refractivity contribution in [3.63, 3.8) is 0 Å². The Bertz CT molecular complexity index is 1050. The minimum Gasteiger partial charge on any atom is -0.497 e. The normalized spacial score (nSPS) is 20.8. The lowest BCUT2D eigenvalue weighted by Gasteiger charge is -2.24. The zero-order chi connectivity index (χ0) is 21.1. The van der Waals surface area contributed by atoms with E-state index >= 15 is 0 Å². The van der Waals surface area contributed by atoms with Gasteiger partial charge >= 0.3 is 0 Å². The number of carbonyl (C=O) groups excluding carboxylic acids is 1. The van der Waals surface area contributed by atoms with E-state index in [4.69, 9.17) is 4.74 Å². The van der Waals surface area contributed by atoms with Gasteiger partial charge in [0, 0.05) is 19.2 Å². The Morgan fingerprint density at radius 2 is 1.90 bits per heavy atom. The number of methoxy groups -OCH3 is 1. The van der Waals surface area contributed by atoms with Crippen molar-refractivity contribution < 1.29 is 17.9 Å². The summed E-state index contributed by atoms with van der Waals surface area (Å²) in [6.45, 7) is 1.26. The van der Waals surface area contributed by atoms with Crippen LogP contribution in [0, 0.1) is 0 Å². The van der Waals surface area contributed by atoms with Gasteiger partial charge in [-0.3, -0.25) is 9.10 Å². The lowest BCUT2D eigenvalue weighted by molar-refractivity contribution is -0.126. The molecule has 0 saturated carbocycles. The molecule has 1 unspecified atom stereocenters. The molecule has 0 aliphatic carbocycles. The molecule has 0 aromatic heterocycles. The van der Waals surface area contributed by atoms with Crippen molar-refractivity contribution in [1.82, 2.24) is 4.90 Å². The number of sulfonamides is 1. The Labute approximate surface area is 177 Å². The van der Waals surface area contributed by atoms with Gasteiger partial charge in [-0.15, -0.1) is 0 Å². The maximum Gasteiger partial charge on any atom is 0.247 e. The maximum atomic E-state index is 12.8. The molecule has 2 heterocycles. The number of anilines is 1. The van der Waals surface area contributed by atoms with E-state index in [9.17, 15) is 13.2 Å². The monoisotopic (exact) mass is 426 g/mol. The Morgan fingerprint density at radius 3 is 2.60 bits per heavy atom. The van der Waals surface area contributed by atoms with E-state index in [2.05, 4.69) is 0 Å². The highest BCUT2D eigenvalue weighted by molar-refractivity contribution is 7.93. The zero-order valence-electron chi connectivity index (χ0n) is 17.0. The van der Waals surface area contributed by atoms with Gasteiger partial charge in [-0.1, -0.05) is 24.3 Å². The van der Waals surface area contributed by atoms with Crippen molar-refractivity contribution in [3.05, 3.63) is 65.7 Å². The summed E-state index contributed by atoms with van der Waals surface area (Å²) >= 11 is 0. The first-order valence-electron chi connectivity index (χ1n) is 10.2. The van der Waals surface area contributed by atoms with Gasteiger partial charge < -0.3 is 9.64 Å². The van der Waals surface area contributed by atoms with E-state index in [1.807, 2.05) is 41.3 Å². The largest absolute Gasteiger partial charge is 0.497 e. The molecule has 1 amide bonds. The van der Waals surface area contributed by atoms with Crippen molar-refractivity contribution in [3.8, 4) is 5.75 Å². The molecule has 0 bridgehead atoms. The fourth-order valence-electron chi connectivity index (χ4n) is 4.17. The SMILES string of the molecule is COc1cccc(C2CCCN2C(=O)/C=C/c2ccc(N3CCCS3(=O)=O)cc2)c1. The van der Waals surface area contributed by atoms with E-state index in [0.29, 0.717) is 18.7 Å². The van der Waals surface area contributed by atoms with Crippen LogP contribution in [0.2, 0.25) is 0 Å². The summed E-state index contributed by atoms with van der Waals surface area (Å²) in [5, 5.41) is 0. The first-order chi connectivity index (χ1) is 14.5. The van der Waals surface area contributed by atoms with Gasteiger partial charge in [0.05, 0.1) is 24.6 Å². The number of amides is 1. The lowest BCUT2D eigenvalue weighted by Crippen LogP contribution is -2.28. The molecule has 0 radical (unpaired) electrons. The van der Waals surface area contributed by atoms with Crippen molar-refractivity contribution in [2.45, 2.75) is 25.3 Å². The predicted molar refractivity (Wildman–Crippen MR) is 118 cm³/mol. The molecule has 2 aliphatic heterocycles. The van der Waals surface area contributed by atoms with Gasteiger partial charge in [0.25, 0.3) is 0 Å². The molecule has 1 atom stereocenters. The summed E-state index contributed by atoms with van der Waals surface area (Å²) in [7, 11) is -1.54. The second-order valence-electron chi connectivity index (χ2n) is 7.63. The molecule has 2 saturated heterocycles. The van der Waals surface area contributed by atoms with Gasteiger partial charge in [-0.2, -0.15) is 0 Å². The van der Waals surface area contributed by atoms with Gasteiger partial charge in [-0.05, 0) is 60.7 Å². The zero-order valence-corrected chi connectivity index (χ0v) is 17.8. The van der Waals surface area contributed by atoms with Crippen LogP contribution in [0.1, 0.15) is 36.4 Å². The molecule has 30 heavy (non-hydrogen) atoms. The van der Waals surface area contributed by atoms with Crippen molar-refractivity contribution in [1.29, 1.82) is 0 Å². The summed E-state index contributed by atoms with van der Waals surface area (Å²) in [4.78, 5) is 14.7. The van der Waals surface area contributed by atoms with E-state index in [1.165, 1.54) is 4.31 Å². The quantitative estimate of drug-likeness (QED) is 0.685. The second-order valence-corrected chi connectivity index (χ2v) is 9.65. The van der Waals surface area contributed by atoms with Crippen LogP contribution >= 0.6 is 0 Å². The van der Waals surface area contributed by atoms with E-state index < -0.39 is 10.0 Å². The molecule has 2 aromatic carbocycles. The minimum atomic E-state index is -3.18. The average Bonchev–Trinajstić information content (AvgIpc) is 3.39. The number of carbonyl (C=O) groups is 1. The van der Waals surface area contributed by atoms with Crippen LogP contribution in [0.5, 0.6) is 5.75 Å². The summed E-state index contributed by atoms with van der Waals surface area (Å²) < 4.78 is 30.9. The fraction of sp³-hybridized carbons (Fsp3) is 0.348. The fourth-order valence-corrected chi connectivity index (χ4v) is 5.73. The number of hydrogen-bond acceptors (Lipinski definition) is 4. The van der Waals surface area contributed by atoms with Crippen LogP contribution in [0.3, 0.4) is 0 Å². The Balaban J connectivity index is 1.45. The summed E-state index contributed by atoms with van der Waals surface area (Å²) in [6.07, 6.45) is 5.95. The smallest absolute Gasteiger partial charge is 0.247 e. The van der Waals surface area contributed by atoms with Crippen LogP contribution in [0.25, 0.3) is 6.08 Å². The molecule has 0 spiro atoms. The van der Waals surface area contributed by atoms with Crippen LogP contribution < -0.4 is 9.04 Å². The lowest BCUT2D eigenvalue weighted by atomic mass is 10.0. The number of benzene rings is 2. The number of hydrogen-bond donors (Lipinski definition) is 0. The molecule has 6 nitrogen and oxygen atoms in total. The minimum absolute atomic E-state index is 0.0217. The molecule has 7 heteroatoms. The average molecular weight is 427 g/mol. The van der Waals surface area contributed by atoms with Crippen LogP contribution in [-0.2, 0) is 14.8 Å². The Kier molecular flexibility index (Phi) is 5.81. The molecule has 158 valence electrons. The van der Waals surface area contributed by atoms with Crippen molar-refractivity contribution in [2.24, 2.45) is 0 Å². The van der Waals surface area contributed by atoms with E-state index in [0.717, 1.165) is 36.3 Å². The Hall–Kier alpha value is -2.80. The number of rotatable bonds is 5. The third-order valence-electron chi connectivity index (χ3n) is 5.71. The molecule has 4 rings (SSSR count). The molecule has 0 N–H and O–H groups in total. The van der Waals surface area contributed by atoms with Gasteiger partial charge in [0.2, 0.25) is 15.9 Å². The van der Waals surface area contributed by atoms with Crippen LogP contribution in [0.15, 0.2) is 54.6 Å². The number of ether oxygens (including phenoxy) is 1. The first-order valence-corrected chi connectivity index (χ1v) is 11.8. The number of nitrogens with zero attached hydrogens (tertiary/aromatic N) is 2. The highest BCUT2D eigenvalue weighted by Gasteiger charge is 2.29. The molecular formula is C23H26N2O4S. The van der Waals surface area contributed by atoms with Gasteiger partial charge in [0.1, 0.15) is 5.75 Å². The second kappa shape index (κ2) is 8.52. The van der Waals surface area contributed by atoms with Crippen LogP contribution in [0.4, 0.5) is 5.69 Å².